The lowest BCUT2D eigenvalue weighted by Crippen LogP contribution is -2.07. The molecule has 1 amide bonds. The van der Waals surface area contributed by atoms with Crippen molar-refractivity contribution in [2.24, 2.45) is 0 Å². The van der Waals surface area contributed by atoms with Crippen LogP contribution in [0, 0.1) is 10.1 Å². The van der Waals surface area contributed by atoms with Crippen LogP contribution in [0.15, 0.2) is 59.0 Å². The van der Waals surface area contributed by atoms with Crippen LogP contribution in [-0.4, -0.2) is 28.1 Å². The van der Waals surface area contributed by atoms with Gasteiger partial charge in [-0.3, -0.25) is 20.2 Å². The molecular formula is C18H14N4O5. The molecule has 0 bridgehead atoms. The summed E-state index contributed by atoms with van der Waals surface area (Å²) in [7, 11) is 1.55. The van der Waals surface area contributed by atoms with E-state index >= 15 is 0 Å². The number of non-ortho nitro benzene ring substituents is 1. The highest BCUT2D eigenvalue weighted by molar-refractivity contribution is 6.00. The summed E-state index contributed by atoms with van der Waals surface area (Å²) in [5.74, 6) is 0.403. The second kappa shape index (κ2) is 7.91. The lowest BCUT2D eigenvalue weighted by Gasteiger charge is -2.00. The van der Waals surface area contributed by atoms with Crippen LogP contribution in [-0.2, 0) is 4.79 Å². The van der Waals surface area contributed by atoms with Gasteiger partial charge in [-0.25, -0.2) is 0 Å². The van der Waals surface area contributed by atoms with Crippen molar-refractivity contribution in [2.45, 2.75) is 0 Å². The molecule has 0 fully saturated rings. The monoisotopic (exact) mass is 366 g/mol. The number of aromatic nitrogens is 2. The molecule has 0 radical (unpaired) electrons. The molecular weight excluding hydrogens is 352 g/mol. The molecule has 3 rings (SSSR count). The number of amides is 1. The molecule has 0 atom stereocenters. The van der Waals surface area contributed by atoms with E-state index in [4.69, 9.17) is 9.15 Å². The fraction of sp³-hybridized carbons (Fsp3) is 0.0556. The lowest BCUT2D eigenvalue weighted by atomic mass is 10.2. The van der Waals surface area contributed by atoms with Crippen molar-refractivity contribution < 1.29 is 18.9 Å². The Hall–Kier alpha value is -4.01. The molecule has 0 aliphatic rings. The summed E-state index contributed by atoms with van der Waals surface area (Å²) < 4.78 is 10.6. The zero-order valence-electron chi connectivity index (χ0n) is 14.2. The minimum absolute atomic E-state index is 0.0208. The molecule has 1 N–H and O–H groups in total. The summed E-state index contributed by atoms with van der Waals surface area (Å²) in [4.78, 5) is 22.1. The van der Waals surface area contributed by atoms with Gasteiger partial charge in [0.2, 0.25) is 5.89 Å². The first-order chi connectivity index (χ1) is 13.0. The van der Waals surface area contributed by atoms with E-state index in [1.54, 1.807) is 31.4 Å². The molecule has 0 saturated heterocycles. The molecule has 0 saturated carbocycles. The quantitative estimate of drug-likeness (QED) is 0.403. The van der Waals surface area contributed by atoms with Crippen molar-refractivity contribution >= 4 is 23.7 Å². The molecule has 1 heterocycles. The molecule has 1 aromatic heterocycles. The summed E-state index contributed by atoms with van der Waals surface area (Å²) in [5.41, 5.74) is 1.27. The number of nitrogens with one attached hydrogen (secondary N) is 1. The number of benzene rings is 2. The van der Waals surface area contributed by atoms with Gasteiger partial charge in [-0.05, 0) is 42.0 Å². The van der Waals surface area contributed by atoms with Gasteiger partial charge in [-0.1, -0.05) is 11.2 Å². The average Bonchev–Trinajstić information content (AvgIpc) is 3.15. The first-order valence-corrected chi connectivity index (χ1v) is 7.76. The van der Waals surface area contributed by atoms with Gasteiger partial charge in [0.05, 0.1) is 12.0 Å². The molecule has 0 aliphatic carbocycles. The number of anilines is 1. The molecule has 0 unspecified atom stereocenters. The molecule has 0 aliphatic heterocycles. The molecule has 9 nitrogen and oxygen atoms in total. The van der Waals surface area contributed by atoms with E-state index in [0.29, 0.717) is 16.9 Å². The van der Waals surface area contributed by atoms with Gasteiger partial charge in [-0.2, -0.15) is 0 Å². The van der Waals surface area contributed by atoms with Crippen LogP contribution >= 0.6 is 0 Å². The molecule has 9 heteroatoms. The Bertz CT molecular complexity index is 995. The standard InChI is InChI=1S/C18H14N4O5/c1-26-15-4-2-3-13(11-15)17-20-21-18(27-17)19-16(23)10-7-12-5-8-14(9-6-12)22(24)25/h2-11H,1H3,(H,19,21,23). The molecule has 0 spiro atoms. The van der Waals surface area contributed by atoms with Crippen molar-refractivity contribution in [1.29, 1.82) is 0 Å². The van der Waals surface area contributed by atoms with Gasteiger partial charge < -0.3 is 9.15 Å². The summed E-state index contributed by atoms with van der Waals surface area (Å²) in [6, 6.07) is 12.8. The number of carbonyl (C=O) groups is 1. The fourth-order valence-electron chi connectivity index (χ4n) is 2.17. The number of nitro benzene ring substituents is 1. The van der Waals surface area contributed by atoms with E-state index in [9.17, 15) is 14.9 Å². The molecule has 2 aromatic carbocycles. The van der Waals surface area contributed by atoms with Gasteiger partial charge >= 0.3 is 6.01 Å². The first kappa shape index (κ1) is 17.8. The minimum atomic E-state index is -0.490. The van der Waals surface area contributed by atoms with Crippen LogP contribution in [0.5, 0.6) is 5.75 Å². The van der Waals surface area contributed by atoms with Gasteiger partial charge in [0, 0.05) is 23.8 Å². The molecule has 136 valence electrons. The van der Waals surface area contributed by atoms with Gasteiger partial charge in [0.25, 0.3) is 11.6 Å². The largest absolute Gasteiger partial charge is 0.497 e. The zero-order valence-corrected chi connectivity index (χ0v) is 14.2. The van der Waals surface area contributed by atoms with E-state index in [1.807, 2.05) is 0 Å². The third-order valence-corrected chi connectivity index (χ3v) is 3.50. The van der Waals surface area contributed by atoms with E-state index in [2.05, 4.69) is 15.5 Å². The Morgan fingerprint density at radius 1 is 1.22 bits per heavy atom. The molecule has 3 aromatic rings. The first-order valence-electron chi connectivity index (χ1n) is 7.76. The van der Waals surface area contributed by atoms with Crippen molar-refractivity contribution in [3.05, 3.63) is 70.3 Å². The van der Waals surface area contributed by atoms with Crippen LogP contribution in [0.1, 0.15) is 5.56 Å². The number of nitrogens with zero attached hydrogens (tertiary/aromatic N) is 3. The Morgan fingerprint density at radius 3 is 2.70 bits per heavy atom. The summed E-state index contributed by atoms with van der Waals surface area (Å²) in [6.07, 6.45) is 2.77. The highest BCUT2D eigenvalue weighted by Crippen LogP contribution is 2.23. The number of hydrogen-bond donors (Lipinski definition) is 1. The van der Waals surface area contributed by atoms with Crippen LogP contribution in [0.25, 0.3) is 17.5 Å². The predicted molar refractivity (Wildman–Crippen MR) is 97.0 cm³/mol. The smallest absolute Gasteiger partial charge is 0.322 e. The van der Waals surface area contributed by atoms with Crippen LogP contribution in [0.2, 0.25) is 0 Å². The number of nitro groups is 1. The van der Waals surface area contributed by atoms with Crippen LogP contribution in [0.3, 0.4) is 0 Å². The SMILES string of the molecule is COc1cccc(-c2nnc(NC(=O)C=Cc3ccc([N+](=O)[O-])cc3)o2)c1. The van der Waals surface area contributed by atoms with Crippen molar-refractivity contribution in [1.82, 2.24) is 10.2 Å². The predicted octanol–water partition coefficient (Wildman–Crippen LogP) is 3.31. The van der Waals surface area contributed by atoms with Crippen molar-refractivity contribution in [2.75, 3.05) is 12.4 Å². The summed E-state index contributed by atoms with van der Waals surface area (Å²) >= 11 is 0. The maximum Gasteiger partial charge on any atom is 0.322 e. The maximum atomic E-state index is 12.0. The van der Waals surface area contributed by atoms with Gasteiger partial charge in [0.15, 0.2) is 0 Å². The topological polar surface area (TPSA) is 120 Å². The van der Waals surface area contributed by atoms with Crippen molar-refractivity contribution in [3.63, 3.8) is 0 Å². The maximum absolute atomic E-state index is 12.0. The van der Waals surface area contributed by atoms with Crippen LogP contribution < -0.4 is 10.1 Å². The second-order valence-electron chi connectivity index (χ2n) is 5.32. The van der Waals surface area contributed by atoms with Crippen molar-refractivity contribution in [3.8, 4) is 17.2 Å². The van der Waals surface area contributed by atoms with Gasteiger partial charge in [0.1, 0.15) is 5.75 Å². The van der Waals surface area contributed by atoms with E-state index in [1.165, 1.54) is 36.4 Å². The summed E-state index contributed by atoms with van der Waals surface area (Å²) in [5, 5.41) is 20.7. The van der Waals surface area contributed by atoms with Gasteiger partial charge in [-0.15, -0.1) is 5.10 Å². The Labute approximate surface area is 153 Å². The lowest BCUT2D eigenvalue weighted by molar-refractivity contribution is -0.384. The number of hydrogen-bond acceptors (Lipinski definition) is 7. The fourth-order valence-corrected chi connectivity index (χ4v) is 2.17. The summed E-state index contributed by atoms with van der Waals surface area (Å²) in [6.45, 7) is 0. The van der Waals surface area contributed by atoms with E-state index in [-0.39, 0.29) is 17.6 Å². The molecule has 27 heavy (non-hydrogen) atoms. The normalized spacial score (nSPS) is 10.7. The highest BCUT2D eigenvalue weighted by Gasteiger charge is 2.11. The van der Waals surface area contributed by atoms with E-state index < -0.39 is 10.8 Å². The van der Waals surface area contributed by atoms with E-state index in [0.717, 1.165) is 0 Å². The average molecular weight is 366 g/mol. The second-order valence-corrected chi connectivity index (χ2v) is 5.32. The Kier molecular flexibility index (Phi) is 5.22. The minimum Gasteiger partial charge on any atom is -0.497 e. The number of methoxy groups -OCH3 is 1. The Morgan fingerprint density at radius 2 is 2.00 bits per heavy atom. The third kappa shape index (κ3) is 4.54. The highest BCUT2D eigenvalue weighted by atomic mass is 16.6. The Balaban J connectivity index is 1.64. The number of rotatable bonds is 6. The number of ether oxygens (including phenoxy) is 1. The van der Waals surface area contributed by atoms with Crippen LogP contribution in [0.4, 0.5) is 11.7 Å². The number of carbonyl (C=O) groups excluding carboxylic acids is 1. The zero-order chi connectivity index (χ0) is 19.2. The third-order valence-electron chi connectivity index (χ3n) is 3.50.